The predicted octanol–water partition coefficient (Wildman–Crippen LogP) is 2.56. The number of carbonyl (C=O) groups is 2. The van der Waals surface area contributed by atoms with Gasteiger partial charge in [0.25, 0.3) is 0 Å². The summed E-state index contributed by atoms with van der Waals surface area (Å²) in [6.45, 7) is 6.39. The summed E-state index contributed by atoms with van der Waals surface area (Å²) in [4.78, 5) is 32.2. The fourth-order valence-electron chi connectivity index (χ4n) is 4.70. The van der Waals surface area contributed by atoms with Crippen molar-refractivity contribution in [3.05, 3.63) is 29.8 Å². The Hall–Kier alpha value is -2.08. The predicted molar refractivity (Wildman–Crippen MR) is 120 cm³/mol. The maximum atomic E-state index is 12.9. The lowest BCUT2D eigenvalue weighted by Crippen LogP contribution is -2.49. The molecule has 1 N–H and O–H groups in total. The fraction of sp³-hybridized carbons (Fsp3) is 0.667. The number of amides is 2. The number of hydrogen-bond acceptors (Lipinski definition) is 4. The number of rotatable bonds is 7. The molecule has 0 spiro atoms. The molecule has 0 bridgehead atoms. The minimum Gasteiger partial charge on any atom is -0.353 e. The lowest BCUT2D eigenvalue weighted by molar-refractivity contribution is -0.130. The van der Waals surface area contributed by atoms with E-state index in [1.807, 2.05) is 41.0 Å². The van der Waals surface area contributed by atoms with Crippen molar-refractivity contribution in [3.8, 4) is 0 Å². The van der Waals surface area contributed by atoms with E-state index in [1.165, 1.54) is 24.8 Å². The van der Waals surface area contributed by atoms with E-state index in [1.54, 1.807) is 0 Å². The molecule has 2 amide bonds. The Bertz CT molecular complexity index is 717. The molecule has 1 saturated carbocycles. The summed E-state index contributed by atoms with van der Waals surface area (Å²) >= 11 is 0. The first-order chi connectivity index (χ1) is 14.6. The van der Waals surface area contributed by atoms with Crippen molar-refractivity contribution in [2.75, 3.05) is 44.2 Å². The average molecular weight is 413 g/mol. The van der Waals surface area contributed by atoms with Gasteiger partial charge in [-0.1, -0.05) is 17.7 Å². The molecule has 2 saturated heterocycles. The third-order valence-electron chi connectivity index (χ3n) is 6.73. The van der Waals surface area contributed by atoms with Gasteiger partial charge >= 0.3 is 0 Å². The second-order valence-electron chi connectivity index (χ2n) is 9.24. The molecule has 0 atom stereocenters. The third kappa shape index (κ3) is 5.75. The summed E-state index contributed by atoms with van der Waals surface area (Å²) < 4.78 is 0. The molecule has 0 unspecified atom stereocenters. The first kappa shape index (κ1) is 21.2. The number of anilines is 1. The minimum absolute atomic E-state index is 0.0203. The van der Waals surface area contributed by atoms with Gasteiger partial charge in [-0.3, -0.25) is 9.59 Å². The Morgan fingerprint density at radius 3 is 2.23 bits per heavy atom. The van der Waals surface area contributed by atoms with Gasteiger partial charge in [-0.2, -0.15) is 0 Å². The molecule has 1 aromatic carbocycles. The van der Waals surface area contributed by atoms with Crippen LogP contribution in [0.4, 0.5) is 5.69 Å². The summed E-state index contributed by atoms with van der Waals surface area (Å²) in [5.41, 5.74) is 2.11. The van der Waals surface area contributed by atoms with Crippen LogP contribution in [-0.2, 0) is 9.59 Å². The minimum atomic E-state index is 0.0203. The molecule has 1 aliphatic carbocycles. The largest absolute Gasteiger partial charge is 0.353 e. The summed E-state index contributed by atoms with van der Waals surface area (Å²) in [7, 11) is 0. The molecule has 30 heavy (non-hydrogen) atoms. The molecule has 164 valence electrons. The molecule has 2 aliphatic heterocycles. The van der Waals surface area contributed by atoms with Gasteiger partial charge in [0.05, 0.1) is 13.1 Å². The Labute approximate surface area is 180 Å². The number of aryl methyl sites for hydroxylation is 1. The molecule has 0 aromatic heterocycles. The zero-order valence-electron chi connectivity index (χ0n) is 18.3. The van der Waals surface area contributed by atoms with Crippen molar-refractivity contribution in [1.29, 1.82) is 0 Å². The second-order valence-corrected chi connectivity index (χ2v) is 9.24. The molecule has 4 rings (SSSR count). The number of piperidine rings is 2. The number of hydrogen-bond donors (Lipinski definition) is 1. The summed E-state index contributed by atoms with van der Waals surface area (Å²) in [6.07, 6.45) is 8.10. The maximum absolute atomic E-state index is 12.9. The smallest absolute Gasteiger partial charge is 0.242 e. The van der Waals surface area contributed by atoms with Gasteiger partial charge in [0.2, 0.25) is 11.8 Å². The van der Waals surface area contributed by atoms with Gasteiger partial charge < -0.3 is 20.0 Å². The van der Waals surface area contributed by atoms with Crippen molar-refractivity contribution in [2.24, 2.45) is 0 Å². The van der Waals surface area contributed by atoms with Crippen LogP contribution in [0, 0.1) is 6.92 Å². The van der Waals surface area contributed by atoms with Crippen molar-refractivity contribution in [1.82, 2.24) is 15.1 Å². The zero-order valence-corrected chi connectivity index (χ0v) is 18.3. The van der Waals surface area contributed by atoms with Gasteiger partial charge in [0.15, 0.2) is 0 Å². The van der Waals surface area contributed by atoms with Crippen LogP contribution in [-0.4, -0.2) is 73.0 Å². The van der Waals surface area contributed by atoms with Gasteiger partial charge in [-0.05, 0) is 64.0 Å². The van der Waals surface area contributed by atoms with Crippen LogP contribution in [0.5, 0.6) is 0 Å². The van der Waals surface area contributed by atoms with E-state index in [0.29, 0.717) is 0 Å². The monoisotopic (exact) mass is 412 g/mol. The fourth-order valence-corrected chi connectivity index (χ4v) is 4.70. The van der Waals surface area contributed by atoms with Crippen molar-refractivity contribution >= 4 is 17.5 Å². The highest BCUT2D eigenvalue weighted by molar-refractivity contribution is 5.86. The first-order valence-corrected chi connectivity index (χ1v) is 11.7. The standard InChI is InChI=1S/C24H36N4O2/c1-19-5-7-22(8-6-19)28(18-24(30)27-13-3-2-4-14-27)17-23(29)25-20-11-15-26(16-12-20)21-9-10-21/h5-8,20-21H,2-4,9-18H2,1H3,(H,25,29). The highest BCUT2D eigenvalue weighted by Gasteiger charge is 2.32. The van der Waals surface area contributed by atoms with Crippen LogP contribution in [0.15, 0.2) is 24.3 Å². The number of benzene rings is 1. The highest BCUT2D eigenvalue weighted by atomic mass is 16.2. The van der Waals surface area contributed by atoms with Gasteiger partial charge in [-0.15, -0.1) is 0 Å². The zero-order chi connectivity index (χ0) is 20.9. The summed E-state index contributed by atoms with van der Waals surface area (Å²) in [5, 5.41) is 3.23. The van der Waals surface area contributed by atoms with Crippen LogP contribution in [0.1, 0.15) is 50.5 Å². The van der Waals surface area contributed by atoms with Gasteiger partial charge in [-0.25, -0.2) is 0 Å². The molecule has 6 heteroatoms. The first-order valence-electron chi connectivity index (χ1n) is 11.7. The Balaban J connectivity index is 1.34. The Morgan fingerprint density at radius 1 is 0.933 bits per heavy atom. The van der Waals surface area contributed by atoms with E-state index >= 15 is 0 Å². The normalized spacial score (nSPS) is 20.8. The molecular formula is C24H36N4O2. The van der Waals surface area contributed by atoms with E-state index in [0.717, 1.165) is 63.6 Å². The van der Waals surface area contributed by atoms with Gasteiger partial charge in [0.1, 0.15) is 0 Å². The van der Waals surface area contributed by atoms with E-state index in [2.05, 4.69) is 10.2 Å². The lowest BCUT2D eigenvalue weighted by Gasteiger charge is -2.33. The molecule has 3 fully saturated rings. The highest BCUT2D eigenvalue weighted by Crippen LogP contribution is 2.29. The number of nitrogens with zero attached hydrogens (tertiary/aromatic N) is 3. The molecule has 6 nitrogen and oxygen atoms in total. The number of likely N-dealkylation sites (tertiary alicyclic amines) is 2. The SMILES string of the molecule is Cc1ccc(N(CC(=O)NC2CCN(C3CC3)CC2)CC(=O)N2CCCCC2)cc1. The van der Waals surface area contributed by atoms with Gasteiger partial charge in [0, 0.05) is 44.0 Å². The second kappa shape index (κ2) is 9.82. The Kier molecular flexibility index (Phi) is 6.93. The number of nitrogens with one attached hydrogen (secondary N) is 1. The maximum Gasteiger partial charge on any atom is 0.242 e. The summed E-state index contributed by atoms with van der Waals surface area (Å²) in [6, 6.07) is 9.17. The van der Waals surface area contributed by atoms with Crippen molar-refractivity contribution < 1.29 is 9.59 Å². The van der Waals surface area contributed by atoms with E-state index in [-0.39, 0.29) is 30.9 Å². The van der Waals surface area contributed by atoms with Crippen molar-refractivity contribution in [3.63, 3.8) is 0 Å². The lowest BCUT2D eigenvalue weighted by atomic mass is 10.0. The van der Waals surface area contributed by atoms with Crippen LogP contribution >= 0.6 is 0 Å². The van der Waals surface area contributed by atoms with Crippen LogP contribution in [0.25, 0.3) is 0 Å². The molecule has 3 aliphatic rings. The van der Waals surface area contributed by atoms with Crippen molar-refractivity contribution in [2.45, 2.75) is 64.0 Å². The summed E-state index contributed by atoms with van der Waals surface area (Å²) in [5.74, 6) is 0.146. The van der Waals surface area contributed by atoms with E-state index in [4.69, 9.17) is 0 Å². The average Bonchev–Trinajstić information content (AvgIpc) is 3.60. The molecule has 2 heterocycles. The molecule has 0 radical (unpaired) electrons. The molecular weight excluding hydrogens is 376 g/mol. The number of carbonyl (C=O) groups excluding carboxylic acids is 2. The van der Waals surface area contributed by atoms with Crippen LogP contribution < -0.4 is 10.2 Å². The van der Waals surface area contributed by atoms with E-state index in [9.17, 15) is 9.59 Å². The Morgan fingerprint density at radius 2 is 1.60 bits per heavy atom. The molecule has 1 aromatic rings. The van der Waals surface area contributed by atoms with E-state index < -0.39 is 0 Å². The van der Waals surface area contributed by atoms with Crippen LogP contribution in [0.2, 0.25) is 0 Å². The quantitative estimate of drug-likeness (QED) is 0.748. The topological polar surface area (TPSA) is 55.9 Å². The van der Waals surface area contributed by atoms with Crippen LogP contribution in [0.3, 0.4) is 0 Å². The third-order valence-corrected chi connectivity index (χ3v) is 6.73.